The van der Waals surface area contributed by atoms with Crippen LogP contribution in [0.25, 0.3) is 6.08 Å². The van der Waals surface area contributed by atoms with Gasteiger partial charge in [0.2, 0.25) is 0 Å². The van der Waals surface area contributed by atoms with Crippen LogP contribution in [0.1, 0.15) is 37.4 Å². The molecule has 1 aliphatic heterocycles. The Balaban J connectivity index is 1.42. The summed E-state index contributed by atoms with van der Waals surface area (Å²) in [5.41, 5.74) is -2.45. The summed E-state index contributed by atoms with van der Waals surface area (Å²) in [5.74, 6) is 0.158. The Bertz CT molecular complexity index is 1500. The third-order valence-corrected chi connectivity index (χ3v) is 7.57. The summed E-state index contributed by atoms with van der Waals surface area (Å²) in [6, 6.07) is 15.0. The van der Waals surface area contributed by atoms with E-state index in [0.29, 0.717) is 55.4 Å². The lowest BCUT2D eigenvalue weighted by atomic mass is 10.0. The molecule has 2 amide bonds. The van der Waals surface area contributed by atoms with Crippen LogP contribution in [0, 0.1) is 0 Å². The fraction of sp³-hybridized carbons (Fsp3) is 0.333. The van der Waals surface area contributed by atoms with Crippen LogP contribution >= 0.6 is 0 Å². The predicted octanol–water partition coefficient (Wildman–Crippen LogP) is 6.36. The van der Waals surface area contributed by atoms with Crippen LogP contribution in [-0.4, -0.2) is 86.5 Å². The summed E-state index contributed by atoms with van der Waals surface area (Å²) in [6.45, 7) is 1.84. The number of hydrogen-bond acceptors (Lipinski definition) is 5. The van der Waals surface area contributed by atoms with Crippen molar-refractivity contribution in [1.82, 2.24) is 14.7 Å². The van der Waals surface area contributed by atoms with E-state index < -0.39 is 35.0 Å². The predicted molar refractivity (Wildman–Crippen MR) is 160 cm³/mol. The highest BCUT2D eigenvalue weighted by atomic mass is 19.4. The molecule has 246 valence electrons. The van der Waals surface area contributed by atoms with Crippen molar-refractivity contribution >= 4 is 17.9 Å². The van der Waals surface area contributed by atoms with Gasteiger partial charge in [-0.2, -0.15) is 26.3 Å². The van der Waals surface area contributed by atoms with Gasteiger partial charge in [0.25, 0.3) is 11.8 Å². The molecule has 3 aromatic carbocycles. The van der Waals surface area contributed by atoms with Crippen molar-refractivity contribution in [3.8, 4) is 11.5 Å². The van der Waals surface area contributed by atoms with Crippen LogP contribution in [-0.2, 0) is 12.4 Å². The summed E-state index contributed by atoms with van der Waals surface area (Å²) in [7, 11) is 3.09. The first-order chi connectivity index (χ1) is 21.8. The van der Waals surface area contributed by atoms with Gasteiger partial charge in [-0.25, -0.2) is 0 Å². The maximum atomic E-state index is 13.5. The van der Waals surface area contributed by atoms with Gasteiger partial charge in [-0.05, 0) is 48.5 Å². The quantitative estimate of drug-likeness (QED) is 0.240. The van der Waals surface area contributed by atoms with Crippen molar-refractivity contribution < 1.29 is 45.4 Å². The van der Waals surface area contributed by atoms with Gasteiger partial charge < -0.3 is 19.3 Å². The molecule has 0 unspecified atom stereocenters. The third-order valence-electron chi connectivity index (χ3n) is 7.57. The van der Waals surface area contributed by atoms with Crippen LogP contribution in [0.15, 0.2) is 72.8 Å². The molecule has 0 bridgehead atoms. The number of methoxy groups -OCH3 is 2. The number of para-hydroxylation sites is 1. The minimum Gasteiger partial charge on any atom is -0.497 e. The molecule has 46 heavy (non-hydrogen) atoms. The second-order valence-electron chi connectivity index (χ2n) is 10.6. The molecule has 1 aliphatic rings. The Kier molecular flexibility index (Phi) is 11.0. The van der Waals surface area contributed by atoms with E-state index in [-0.39, 0.29) is 31.6 Å². The lowest BCUT2D eigenvalue weighted by Gasteiger charge is -2.36. The van der Waals surface area contributed by atoms with E-state index in [0.717, 1.165) is 5.56 Å². The van der Waals surface area contributed by atoms with Crippen LogP contribution in [0.5, 0.6) is 11.5 Å². The SMILES string of the molecule is COc1ccc(C(=O)N(C/C=C/c2ccccc2OC)CCN2CCN(C(=O)c3cc(C(F)(F)F)cc(C(F)(F)F)c3)CC2)cc1. The van der Waals surface area contributed by atoms with Crippen LogP contribution in [0.2, 0.25) is 0 Å². The Hall–Kier alpha value is -4.52. The Morgan fingerprint density at radius 1 is 0.804 bits per heavy atom. The second-order valence-corrected chi connectivity index (χ2v) is 10.6. The van der Waals surface area contributed by atoms with Crippen molar-refractivity contribution in [1.29, 1.82) is 0 Å². The Labute approximate surface area is 262 Å². The van der Waals surface area contributed by atoms with Crippen molar-refractivity contribution in [2.24, 2.45) is 0 Å². The van der Waals surface area contributed by atoms with Crippen molar-refractivity contribution in [3.63, 3.8) is 0 Å². The highest BCUT2D eigenvalue weighted by Gasteiger charge is 2.38. The van der Waals surface area contributed by atoms with E-state index >= 15 is 0 Å². The molecular formula is C33H33F6N3O4. The molecule has 0 aliphatic carbocycles. The van der Waals surface area contributed by atoms with Gasteiger partial charge in [0, 0.05) is 62.5 Å². The van der Waals surface area contributed by atoms with Gasteiger partial charge in [-0.1, -0.05) is 30.4 Å². The molecule has 0 saturated carbocycles. The lowest BCUT2D eigenvalue weighted by molar-refractivity contribution is -0.143. The van der Waals surface area contributed by atoms with Gasteiger partial charge in [0.15, 0.2) is 0 Å². The fourth-order valence-corrected chi connectivity index (χ4v) is 5.00. The third kappa shape index (κ3) is 8.81. The topological polar surface area (TPSA) is 62.3 Å². The minimum absolute atomic E-state index is 0.000752. The summed E-state index contributed by atoms with van der Waals surface area (Å²) in [6.07, 6.45) is -6.39. The molecule has 0 atom stereocenters. The molecule has 4 rings (SSSR count). The summed E-state index contributed by atoms with van der Waals surface area (Å²) >= 11 is 0. The number of hydrogen-bond donors (Lipinski definition) is 0. The number of alkyl halides is 6. The van der Waals surface area contributed by atoms with E-state index in [1.54, 1.807) is 36.3 Å². The fourth-order valence-electron chi connectivity index (χ4n) is 5.00. The van der Waals surface area contributed by atoms with Gasteiger partial charge in [0.1, 0.15) is 11.5 Å². The molecule has 0 aromatic heterocycles. The van der Waals surface area contributed by atoms with Gasteiger partial charge >= 0.3 is 12.4 Å². The first-order valence-corrected chi connectivity index (χ1v) is 14.3. The first kappa shape index (κ1) is 34.4. The summed E-state index contributed by atoms with van der Waals surface area (Å²) in [5, 5.41) is 0. The van der Waals surface area contributed by atoms with Crippen molar-refractivity contribution in [3.05, 3.63) is 101 Å². The Morgan fingerprint density at radius 3 is 1.98 bits per heavy atom. The number of carbonyl (C=O) groups is 2. The highest BCUT2D eigenvalue weighted by Crippen LogP contribution is 2.36. The monoisotopic (exact) mass is 649 g/mol. The molecule has 13 heteroatoms. The molecule has 1 heterocycles. The minimum atomic E-state index is -5.05. The van der Waals surface area contributed by atoms with Crippen LogP contribution < -0.4 is 9.47 Å². The highest BCUT2D eigenvalue weighted by molar-refractivity contribution is 5.95. The standard InChI is InChI=1S/C33H33F6N3O4/c1-45-28-11-9-24(10-12-28)30(43)41(13-5-7-23-6-3-4-8-29(23)46-2)17-14-40-15-18-42(19-16-40)31(44)25-20-26(32(34,35)36)22-27(21-25)33(37,38)39/h3-12,20-22H,13-19H2,1-2H3/b7-5+. The normalized spacial score (nSPS) is 14.4. The number of ether oxygens (including phenoxy) is 2. The number of rotatable bonds is 10. The van der Waals surface area contributed by atoms with Crippen LogP contribution in [0.4, 0.5) is 26.3 Å². The van der Waals surface area contributed by atoms with E-state index in [1.807, 2.05) is 41.3 Å². The van der Waals surface area contributed by atoms with Gasteiger partial charge in [0.05, 0.1) is 25.3 Å². The molecule has 1 fully saturated rings. The molecule has 1 saturated heterocycles. The Morgan fingerprint density at radius 2 is 1.41 bits per heavy atom. The number of piperazine rings is 1. The lowest BCUT2D eigenvalue weighted by Crippen LogP contribution is -2.50. The second kappa shape index (κ2) is 14.7. The molecule has 3 aromatic rings. The largest absolute Gasteiger partial charge is 0.497 e. The number of carbonyl (C=O) groups excluding carboxylic acids is 2. The zero-order chi connectivity index (χ0) is 33.5. The molecule has 0 spiro atoms. The number of nitrogens with zero attached hydrogens (tertiary/aromatic N) is 3. The molecule has 7 nitrogen and oxygen atoms in total. The van der Waals surface area contributed by atoms with Crippen LogP contribution in [0.3, 0.4) is 0 Å². The number of halogens is 6. The van der Waals surface area contributed by atoms with E-state index in [9.17, 15) is 35.9 Å². The smallest absolute Gasteiger partial charge is 0.416 e. The maximum Gasteiger partial charge on any atom is 0.416 e. The van der Waals surface area contributed by atoms with E-state index in [4.69, 9.17) is 9.47 Å². The number of benzene rings is 3. The van der Waals surface area contributed by atoms with Crippen molar-refractivity contribution in [2.45, 2.75) is 12.4 Å². The zero-order valence-electron chi connectivity index (χ0n) is 25.2. The van der Waals surface area contributed by atoms with Crippen molar-refractivity contribution in [2.75, 3.05) is 60.0 Å². The average Bonchev–Trinajstić information content (AvgIpc) is 3.05. The zero-order valence-corrected chi connectivity index (χ0v) is 25.2. The van der Waals surface area contributed by atoms with Gasteiger partial charge in [-0.3, -0.25) is 14.5 Å². The first-order valence-electron chi connectivity index (χ1n) is 14.3. The molecular weight excluding hydrogens is 616 g/mol. The van der Waals surface area contributed by atoms with E-state index in [1.165, 1.54) is 12.0 Å². The maximum absolute atomic E-state index is 13.5. The molecule has 0 radical (unpaired) electrons. The average molecular weight is 650 g/mol. The van der Waals surface area contributed by atoms with E-state index in [2.05, 4.69) is 0 Å². The summed E-state index contributed by atoms with van der Waals surface area (Å²) in [4.78, 5) is 31.3. The molecule has 0 N–H and O–H groups in total. The van der Waals surface area contributed by atoms with Gasteiger partial charge in [-0.15, -0.1) is 0 Å². The number of amides is 2. The summed E-state index contributed by atoms with van der Waals surface area (Å²) < 4.78 is 90.4.